The van der Waals surface area contributed by atoms with Crippen molar-refractivity contribution in [3.05, 3.63) is 57.5 Å². The highest BCUT2D eigenvalue weighted by atomic mass is 35.5. The predicted molar refractivity (Wildman–Crippen MR) is 123 cm³/mol. The number of aromatic carboxylic acids is 1. The molecule has 0 unspecified atom stereocenters. The Labute approximate surface area is 189 Å². The molecule has 0 aromatic heterocycles. The van der Waals surface area contributed by atoms with Gasteiger partial charge >= 0.3 is 5.97 Å². The zero-order chi connectivity index (χ0) is 22.5. The molecule has 0 spiro atoms. The third-order valence-corrected chi connectivity index (χ3v) is 5.73. The number of ether oxygens (including phenoxy) is 2. The van der Waals surface area contributed by atoms with Crippen LogP contribution >= 0.6 is 23.4 Å². The summed E-state index contributed by atoms with van der Waals surface area (Å²) in [6, 6.07) is 9.63. The van der Waals surface area contributed by atoms with Crippen molar-refractivity contribution in [2.24, 2.45) is 4.99 Å². The van der Waals surface area contributed by atoms with Crippen LogP contribution in [0.1, 0.15) is 29.8 Å². The van der Waals surface area contributed by atoms with Crippen LogP contribution in [-0.4, -0.2) is 47.3 Å². The molecule has 0 radical (unpaired) electrons. The standard InChI is InChI=1S/C22H21ClN2O5S/c1-4-25-20(26)19(11-14-10-17(29-3)18(30-5-2)12-16(14)23)31-22(25)24-15-8-6-7-13(9-15)21(27)28/h6-12H,4-5H2,1-3H3,(H,27,28)/b19-11-,24-22?. The second kappa shape index (κ2) is 9.89. The molecule has 0 bridgehead atoms. The van der Waals surface area contributed by atoms with Crippen LogP contribution in [0.25, 0.3) is 6.08 Å². The van der Waals surface area contributed by atoms with Crippen molar-refractivity contribution >= 4 is 52.2 Å². The second-order valence-electron chi connectivity index (χ2n) is 6.37. The fourth-order valence-corrected chi connectivity index (χ4v) is 4.18. The fraction of sp³-hybridized carbons (Fsp3) is 0.227. The lowest BCUT2D eigenvalue weighted by atomic mass is 10.1. The Morgan fingerprint density at radius 1 is 1.26 bits per heavy atom. The number of carbonyl (C=O) groups is 2. The van der Waals surface area contributed by atoms with Crippen LogP contribution in [0.3, 0.4) is 0 Å². The summed E-state index contributed by atoms with van der Waals surface area (Å²) in [5, 5.41) is 10.1. The SMILES string of the molecule is CCOc1cc(Cl)c(/C=C2\SC(=Nc3cccc(C(=O)O)c3)N(CC)C2=O)cc1OC. The van der Waals surface area contributed by atoms with E-state index in [2.05, 4.69) is 4.99 Å². The van der Waals surface area contributed by atoms with Gasteiger partial charge in [0.25, 0.3) is 5.91 Å². The third kappa shape index (κ3) is 5.03. The number of carbonyl (C=O) groups excluding carboxylic acids is 1. The average Bonchev–Trinajstić information content (AvgIpc) is 3.04. The van der Waals surface area contributed by atoms with E-state index < -0.39 is 5.97 Å². The van der Waals surface area contributed by atoms with E-state index in [1.54, 1.807) is 30.3 Å². The van der Waals surface area contributed by atoms with Gasteiger partial charge in [-0.15, -0.1) is 0 Å². The third-order valence-electron chi connectivity index (χ3n) is 4.39. The lowest BCUT2D eigenvalue weighted by Crippen LogP contribution is -2.28. The van der Waals surface area contributed by atoms with E-state index in [0.717, 1.165) is 0 Å². The van der Waals surface area contributed by atoms with E-state index in [0.29, 0.717) is 51.0 Å². The maximum atomic E-state index is 12.9. The van der Waals surface area contributed by atoms with E-state index in [1.807, 2.05) is 13.8 Å². The van der Waals surface area contributed by atoms with Gasteiger partial charge in [-0.25, -0.2) is 9.79 Å². The lowest BCUT2D eigenvalue weighted by molar-refractivity contribution is -0.122. The van der Waals surface area contributed by atoms with Crippen molar-refractivity contribution in [2.45, 2.75) is 13.8 Å². The van der Waals surface area contributed by atoms with E-state index in [1.165, 1.54) is 35.9 Å². The molecule has 1 aliphatic heterocycles. The Bertz CT molecular complexity index is 1080. The van der Waals surface area contributed by atoms with Crippen LogP contribution in [0.2, 0.25) is 5.02 Å². The van der Waals surface area contributed by atoms with E-state index in [4.69, 9.17) is 21.1 Å². The zero-order valence-corrected chi connectivity index (χ0v) is 18.8. The summed E-state index contributed by atoms with van der Waals surface area (Å²) in [6.45, 7) is 4.59. The van der Waals surface area contributed by atoms with Gasteiger partial charge in [0.15, 0.2) is 16.7 Å². The van der Waals surface area contributed by atoms with Gasteiger partial charge in [-0.1, -0.05) is 17.7 Å². The maximum Gasteiger partial charge on any atom is 0.335 e. The fourth-order valence-electron chi connectivity index (χ4n) is 2.92. The van der Waals surface area contributed by atoms with Gasteiger partial charge in [0, 0.05) is 12.6 Å². The predicted octanol–water partition coefficient (Wildman–Crippen LogP) is 5.07. The molecule has 1 N–H and O–H groups in total. The van der Waals surface area contributed by atoms with Crippen LogP contribution in [0.4, 0.5) is 5.69 Å². The van der Waals surface area contributed by atoms with Crippen molar-refractivity contribution in [3.63, 3.8) is 0 Å². The molecule has 1 aliphatic rings. The van der Waals surface area contributed by atoms with Crippen molar-refractivity contribution in [1.82, 2.24) is 4.90 Å². The lowest BCUT2D eigenvalue weighted by Gasteiger charge is -2.12. The highest BCUT2D eigenvalue weighted by Gasteiger charge is 2.32. The van der Waals surface area contributed by atoms with Gasteiger partial charge in [-0.2, -0.15) is 0 Å². The number of benzene rings is 2. The van der Waals surface area contributed by atoms with Crippen molar-refractivity contribution < 1.29 is 24.2 Å². The molecule has 3 rings (SSSR count). The van der Waals surface area contributed by atoms with Crippen LogP contribution in [0.5, 0.6) is 11.5 Å². The minimum atomic E-state index is -1.04. The highest BCUT2D eigenvalue weighted by Crippen LogP contribution is 2.38. The summed E-state index contributed by atoms with van der Waals surface area (Å²) in [4.78, 5) is 30.6. The second-order valence-corrected chi connectivity index (χ2v) is 7.78. The molecule has 1 amide bonds. The number of halogens is 1. The molecule has 7 nitrogen and oxygen atoms in total. The molecule has 1 saturated heterocycles. The summed E-state index contributed by atoms with van der Waals surface area (Å²) in [7, 11) is 1.53. The Hall–Kier alpha value is -2.97. The Morgan fingerprint density at radius 3 is 2.68 bits per heavy atom. The van der Waals surface area contributed by atoms with Gasteiger partial charge in [-0.05, 0) is 61.5 Å². The number of hydrogen-bond donors (Lipinski definition) is 1. The number of rotatable bonds is 7. The number of amidine groups is 1. The number of carboxylic acids is 1. The number of carboxylic acid groups (broad SMARTS) is 1. The van der Waals surface area contributed by atoms with Gasteiger partial charge in [0.05, 0.1) is 34.9 Å². The minimum Gasteiger partial charge on any atom is -0.493 e. The monoisotopic (exact) mass is 460 g/mol. The van der Waals surface area contributed by atoms with E-state index >= 15 is 0 Å². The minimum absolute atomic E-state index is 0.128. The number of thioether (sulfide) groups is 1. The topological polar surface area (TPSA) is 88.4 Å². The van der Waals surface area contributed by atoms with Crippen LogP contribution in [0, 0.1) is 0 Å². The number of methoxy groups -OCH3 is 1. The van der Waals surface area contributed by atoms with Crippen molar-refractivity contribution in [3.8, 4) is 11.5 Å². The quantitative estimate of drug-likeness (QED) is 0.580. The first-order valence-corrected chi connectivity index (χ1v) is 10.7. The van der Waals surface area contributed by atoms with Crippen LogP contribution in [0.15, 0.2) is 46.3 Å². The number of amides is 1. The van der Waals surface area contributed by atoms with Crippen molar-refractivity contribution in [2.75, 3.05) is 20.3 Å². The zero-order valence-electron chi connectivity index (χ0n) is 17.2. The molecule has 31 heavy (non-hydrogen) atoms. The van der Waals surface area contributed by atoms with Gasteiger partial charge in [-0.3, -0.25) is 9.69 Å². The largest absolute Gasteiger partial charge is 0.493 e. The van der Waals surface area contributed by atoms with Crippen LogP contribution in [-0.2, 0) is 4.79 Å². The Morgan fingerprint density at radius 2 is 2.03 bits per heavy atom. The van der Waals surface area contributed by atoms with Gasteiger partial charge < -0.3 is 14.6 Å². The Kier molecular flexibility index (Phi) is 7.25. The summed E-state index contributed by atoms with van der Waals surface area (Å²) >= 11 is 7.60. The number of hydrogen-bond acceptors (Lipinski definition) is 6. The highest BCUT2D eigenvalue weighted by molar-refractivity contribution is 8.18. The van der Waals surface area contributed by atoms with Gasteiger partial charge in [0.2, 0.25) is 0 Å². The molecule has 9 heteroatoms. The summed E-state index contributed by atoms with van der Waals surface area (Å²) in [6.07, 6.45) is 1.69. The molecule has 0 saturated carbocycles. The summed E-state index contributed by atoms with van der Waals surface area (Å²) in [5.41, 5.74) is 1.20. The first kappa shape index (κ1) is 22.7. The molecule has 2 aromatic carbocycles. The number of nitrogens with zero attached hydrogens (tertiary/aromatic N) is 2. The normalized spacial score (nSPS) is 16.3. The van der Waals surface area contributed by atoms with Gasteiger partial charge in [0.1, 0.15) is 0 Å². The Balaban J connectivity index is 1.97. The molecule has 162 valence electrons. The molecule has 1 heterocycles. The molecule has 1 fully saturated rings. The molecular formula is C22H21ClN2O5S. The van der Waals surface area contributed by atoms with Crippen LogP contribution < -0.4 is 9.47 Å². The molecule has 2 aromatic rings. The average molecular weight is 461 g/mol. The number of likely N-dealkylation sites (N-methyl/N-ethyl adjacent to an activating group) is 1. The van der Waals surface area contributed by atoms with Crippen molar-refractivity contribution in [1.29, 1.82) is 0 Å². The number of aliphatic imine (C=N–C) groups is 1. The first-order chi connectivity index (χ1) is 14.9. The first-order valence-electron chi connectivity index (χ1n) is 9.51. The molecule has 0 atom stereocenters. The van der Waals surface area contributed by atoms with E-state index in [9.17, 15) is 14.7 Å². The molecule has 0 aliphatic carbocycles. The molecular weight excluding hydrogens is 440 g/mol. The maximum absolute atomic E-state index is 12.9. The summed E-state index contributed by atoms with van der Waals surface area (Å²) < 4.78 is 10.9. The smallest absolute Gasteiger partial charge is 0.335 e. The summed E-state index contributed by atoms with van der Waals surface area (Å²) in [5.74, 6) is -0.202. The van der Waals surface area contributed by atoms with E-state index in [-0.39, 0.29) is 11.5 Å².